The summed E-state index contributed by atoms with van der Waals surface area (Å²) in [6, 6.07) is 0. The first kappa shape index (κ1) is 22.1. The monoisotopic (exact) mass is 384 g/mol. The van der Waals surface area contributed by atoms with Gasteiger partial charge in [-0.1, -0.05) is 19.7 Å². The molecule has 0 atom stereocenters. The first-order valence-corrected chi connectivity index (χ1v) is 8.20. The van der Waals surface area contributed by atoms with Gasteiger partial charge in [0.05, 0.1) is 36.5 Å². The van der Waals surface area contributed by atoms with Crippen molar-refractivity contribution in [3.05, 3.63) is 38.5 Å². The van der Waals surface area contributed by atoms with Crippen molar-refractivity contribution in [2.24, 2.45) is 17.8 Å². The number of ether oxygens (including phenoxy) is 6. The predicted octanol–water partition coefficient (Wildman–Crippen LogP) is 2.00. The fraction of sp³-hybridized carbons (Fsp3) is 0.500. The quantitative estimate of drug-likeness (QED) is 0.164. The summed E-state index contributed by atoms with van der Waals surface area (Å²) in [4.78, 5) is 36.6. The van der Waals surface area contributed by atoms with Crippen LogP contribution in [0.5, 0.6) is 0 Å². The zero-order valence-electron chi connectivity index (χ0n) is 15.0. The highest BCUT2D eigenvalue weighted by Crippen LogP contribution is 2.35. The van der Waals surface area contributed by atoms with Crippen molar-refractivity contribution in [2.45, 2.75) is 19.3 Å². The van der Waals surface area contributed by atoms with Gasteiger partial charge in [0.1, 0.15) is 0 Å². The van der Waals surface area contributed by atoms with Gasteiger partial charge in [-0.2, -0.15) is 0 Å². The van der Waals surface area contributed by atoms with Crippen LogP contribution in [0.1, 0.15) is 19.3 Å². The Kier molecular flexibility index (Phi) is 10.1. The minimum atomic E-state index is -0.692. The van der Waals surface area contributed by atoms with Crippen LogP contribution in [-0.2, 0) is 42.8 Å². The molecule has 0 bridgehead atoms. The average molecular weight is 384 g/mol. The maximum absolute atomic E-state index is 12.2. The van der Waals surface area contributed by atoms with E-state index >= 15 is 0 Å². The van der Waals surface area contributed by atoms with Crippen molar-refractivity contribution in [2.75, 3.05) is 20.4 Å². The van der Waals surface area contributed by atoms with Crippen molar-refractivity contribution >= 4 is 17.9 Å². The summed E-state index contributed by atoms with van der Waals surface area (Å²) in [5, 5.41) is 0. The number of hydrogen-bond acceptors (Lipinski definition) is 9. The molecule has 27 heavy (non-hydrogen) atoms. The van der Waals surface area contributed by atoms with E-state index < -0.39 is 35.7 Å². The Labute approximate surface area is 157 Å². The second-order valence-corrected chi connectivity index (χ2v) is 5.54. The molecule has 0 aliphatic heterocycles. The number of carbonyl (C=O) groups excluding carboxylic acids is 3. The normalized spacial score (nSPS) is 21.1. The molecular weight excluding hydrogens is 360 g/mol. The van der Waals surface area contributed by atoms with Gasteiger partial charge in [0.15, 0.2) is 0 Å². The molecule has 0 aromatic heterocycles. The summed E-state index contributed by atoms with van der Waals surface area (Å²) in [6.45, 7) is 9.11. The van der Waals surface area contributed by atoms with Gasteiger partial charge in [0.2, 0.25) is 20.4 Å². The molecule has 0 aromatic rings. The minimum absolute atomic E-state index is 0.173. The highest BCUT2D eigenvalue weighted by Gasteiger charge is 2.41. The van der Waals surface area contributed by atoms with Crippen LogP contribution in [0.15, 0.2) is 38.5 Å². The Morgan fingerprint density at radius 3 is 1.11 bits per heavy atom. The molecule has 1 aliphatic rings. The summed E-state index contributed by atoms with van der Waals surface area (Å²) in [5.41, 5.74) is 0. The molecule has 9 heteroatoms. The van der Waals surface area contributed by atoms with Gasteiger partial charge >= 0.3 is 17.9 Å². The Morgan fingerprint density at radius 1 is 0.630 bits per heavy atom. The summed E-state index contributed by atoms with van der Waals surface area (Å²) in [5.74, 6) is -3.83. The molecule has 0 heterocycles. The van der Waals surface area contributed by atoms with E-state index in [9.17, 15) is 14.4 Å². The summed E-state index contributed by atoms with van der Waals surface area (Å²) >= 11 is 0. The molecular formula is C18H24O9. The Hall–Kier alpha value is -2.97. The van der Waals surface area contributed by atoms with E-state index in [-0.39, 0.29) is 39.6 Å². The van der Waals surface area contributed by atoms with Crippen molar-refractivity contribution in [3.8, 4) is 0 Å². The fourth-order valence-electron chi connectivity index (χ4n) is 2.67. The van der Waals surface area contributed by atoms with E-state index in [1.165, 1.54) is 0 Å². The van der Waals surface area contributed by atoms with Crippen molar-refractivity contribution in [3.63, 3.8) is 0 Å². The first-order valence-electron chi connectivity index (χ1n) is 8.20. The van der Waals surface area contributed by atoms with Crippen LogP contribution in [0, 0.1) is 17.8 Å². The molecule has 9 nitrogen and oxygen atoms in total. The maximum atomic E-state index is 12.2. The van der Waals surface area contributed by atoms with Crippen molar-refractivity contribution in [1.82, 2.24) is 0 Å². The molecule has 0 unspecified atom stereocenters. The molecule has 1 fully saturated rings. The Balaban J connectivity index is 2.74. The van der Waals surface area contributed by atoms with Crippen LogP contribution < -0.4 is 0 Å². The standard InChI is InChI=1S/C18H24O9/c1-4-22-10-25-16(19)13-7-14(17(20)26-11-23-5-2)9-15(8-13)18(21)27-12-24-6-3/h4-6,13-15H,1-3,7-12H2. The molecule has 0 radical (unpaired) electrons. The smallest absolute Gasteiger partial charge is 0.311 e. The summed E-state index contributed by atoms with van der Waals surface area (Å²) in [6.07, 6.45) is 3.92. The molecule has 0 spiro atoms. The first-order chi connectivity index (χ1) is 13.0. The molecule has 1 aliphatic carbocycles. The van der Waals surface area contributed by atoms with E-state index in [2.05, 4.69) is 19.7 Å². The number of esters is 3. The Morgan fingerprint density at radius 2 is 0.889 bits per heavy atom. The topological polar surface area (TPSA) is 107 Å². The summed E-state index contributed by atoms with van der Waals surface area (Å²) < 4.78 is 29.2. The summed E-state index contributed by atoms with van der Waals surface area (Å²) in [7, 11) is 0. The zero-order valence-corrected chi connectivity index (χ0v) is 15.0. The van der Waals surface area contributed by atoms with Crippen LogP contribution in [0.4, 0.5) is 0 Å². The van der Waals surface area contributed by atoms with Crippen LogP contribution >= 0.6 is 0 Å². The molecule has 0 amide bonds. The van der Waals surface area contributed by atoms with Gasteiger partial charge in [-0.25, -0.2) is 0 Å². The third-order valence-corrected chi connectivity index (χ3v) is 3.87. The van der Waals surface area contributed by atoms with E-state index in [0.717, 1.165) is 18.8 Å². The lowest BCUT2D eigenvalue weighted by Gasteiger charge is -2.31. The van der Waals surface area contributed by atoms with Gasteiger partial charge < -0.3 is 28.4 Å². The number of hydrogen-bond donors (Lipinski definition) is 0. The lowest BCUT2D eigenvalue weighted by molar-refractivity contribution is -0.169. The molecule has 150 valence electrons. The van der Waals surface area contributed by atoms with Crippen LogP contribution in [0.2, 0.25) is 0 Å². The molecule has 1 rings (SSSR count). The highest BCUT2D eigenvalue weighted by atomic mass is 16.7. The predicted molar refractivity (Wildman–Crippen MR) is 91.0 cm³/mol. The second-order valence-electron chi connectivity index (χ2n) is 5.54. The Bertz CT molecular complexity index is 461. The van der Waals surface area contributed by atoms with E-state index in [4.69, 9.17) is 28.4 Å². The third-order valence-electron chi connectivity index (χ3n) is 3.87. The zero-order chi connectivity index (χ0) is 20.1. The van der Waals surface area contributed by atoms with E-state index in [1.807, 2.05) is 0 Å². The lowest BCUT2D eigenvalue weighted by atomic mass is 9.75. The number of carbonyl (C=O) groups is 3. The SMILES string of the molecule is C=COCOC(=O)C1CC(C(=O)OCOC=C)CC(C(=O)OCOC=C)C1. The van der Waals surface area contributed by atoms with Gasteiger partial charge in [-0.15, -0.1) is 0 Å². The fourth-order valence-corrected chi connectivity index (χ4v) is 2.67. The second kappa shape index (κ2) is 12.4. The number of rotatable bonds is 12. The highest BCUT2D eigenvalue weighted by molar-refractivity contribution is 5.80. The molecule has 0 N–H and O–H groups in total. The van der Waals surface area contributed by atoms with Gasteiger partial charge in [0, 0.05) is 0 Å². The molecule has 0 saturated heterocycles. The van der Waals surface area contributed by atoms with Crippen molar-refractivity contribution in [1.29, 1.82) is 0 Å². The largest absolute Gasteiger partial charge is 0.466 e. The maximum Gasteiger partial charge on any atom is 0.311 e. The lowest BCUT2D eigenvalue weighted by Crippen LogP contribution is -2.37. The van der Waals surface area contributed by atoms with E-state index in [1.54, 1.807) is 0 Å². The third kappa shape index (κ3) is 7.85. The molecule has 1 saturated carbocycles. The van der Waals surface area contributed by atoms with Gasteiger partial charge in [0.25, 0.3) is 0 Å². The van der Waals surface area contributed by atoms with Gasteiger partial charge in [-0.05, 0) is 19.3 Å². The van der Waals surface area contributed by atoms with Gasteiger partial charge in [-0.3, -0.25) is 14.4 Å². The van der Waals surface area contributed by atoms with Crippen molar-refractivity contribution < 1.29 is 42.8 Å². The van der Waals surface area contributed by atoms with E-state index in [0.29, 0.717) is 0 Å². The average Bonchev–Trinajstić information content (AvgIpc) is 2.67. The minimum Gasteiger partial charge on any atom is -0.466 e. The van der Waals surface area contributed by atoms with Crippen LogP contribution in [-0.4, -0.2) is 38.3 Å². The molecule has 0 aromatic carbocycles. The van der Waals surface area contributed by atoms with Crippen LogP contribution in [0.25, 0.3) is 0 Å². The van der Waals surface area contributed by atoms with Crippen LogP contribution in [0.3, 0.4) is 0 Å².